The van der Waals surface area contributed by atoms with Crippen LogP contribution in [0.2, 0.25) is 0 Å². The van der Waals surface area contributed by atoms with Crippen molar-refractivity contribution < 1.29 is 5.11 Å². The maximum absolute atomic E-state index is 9.44. The minimum atomic E-state index is 0.266. The minimum absolute atomic E-state index is 0.266. The standard InChI is InChI=1S/C15H29NOS/c1-10(12(9-17)18-5)16-13-14(2,3)11-6-7-15(13,4)8-11/h10-13,16-17H,6-9H2,1-5H3/t10?,11-,12?,13?,15+/m0/s1. The predicted molar refractivity (Wildman–Crippen MR) is 80.0 cm³/mol. The smallest absolute Gasteiger partial charge is 0.0564 e. The van der Waals surface area contributed by atoms with Gasteiger partial charge in [0.2, 0.25) is 0 Å². The molecule has 2 N–H and O–H groups in total. The topological polar surface area (TPSA) is 32.3 Å². The van der Waals surface area contributed by atoms with Gasteiger partial charge in [0.1, 0.15) is 0 Å². The van der Waals surface area contributed by atoms with Crippen LogP contribution in [0.3, 0.4) is 0 Å². The molecule has 2 bridgehead atoms. The largest absolute Gasteiger partial charge is 0.395 e. The summed E-state index contributed by atoms with van der Waals surface area (Å²) in [7, 11) is 0. The summed E-state index contributed by atoms with van der Waals surface area (Å²) in [5, 5.41) is 13.6. The molecule has 3 heteroatoms. The summed E-state index contributed by atoms with van der Waals surface area (Å²) in [6.07, 6.45) is 6.25. The molecule has 0 spiro atoms. The van der Waals surface area contributed by atoms with E-state index >= 15 is 0 Å². The molecule has 2 saturated carbocycles. The van der Waals surface area contributed by atoms with Gasteiger partial charge < -0.3 is 10.4 Å². The van der Waals surface area contributed by atoms with Crippen LogP contribution in [0.25, 0.3) is 0 Å². The van der Waals surface area contributed by atoms with Crippen LogP contribution in [0.1, 0.15) is 47.0 Å². The molecule has 2 rings (SSSR count). The lowest BCUT2D eigenvalue weighted by atomic mass is 9.68. The molecule has 0 radical (unpaired) electrons. The van der Waals surface area contributed by atoms with Gasteiger partial charge in [-0.3, -0.25) is 0 Å². The normalized spacial score (nSPS) is 41.0. The molecule has 0 amide bonds. The molecule has 0 aromatic carbocycles. The van der Waals surface area contributed by atoms with Crippen LogP contribution in [0, 0.1) is 16.7 Å². The van der Waals surface area contributed by atoms with E-state index in [1.165, 1.54) is 19.3 Å². The van der Waals surface area contributed by atoms with Crippen molar-refractivity contribution in [2.24, 2.45) is 16.7 Å². The lowest BCUT2D eigenvalue weighted by Gasteiger charge is -2.45. The fraction of sp³-hybridized carbons (Fsp3) is 1.00. The van der Waals surface area contributed by atoms with E-state index in [0.29, 0.717) is 28.2 Å². The molecule has 2 nitrogen and oxygen atoms in total. The van der Waals surface area contributed by atoms with Gasteiger partial charge in [-0.15, -0.1) is 0 Å². The molecule has 5 atom stereocenters. The monoisotopic (exact) mass is 271 g/mol. The molecule has 0 aromatic rings. The summed E-state index contributed by atoms with van der Waals surface area (Å²) >= 11 is 1.77. The van der Waals surface area contributed by atoms with E-state index < -0.39 is 0 Å². The Bertz CT molecular complexity index is 298. The Labute approximate surface area is 116 Å². The summed E-state index contributed by atoms with van der Waals surface area (Å²) in [6, 6.07) is 0.977. The Morgan fingerprint density at radius 3 is 2.50 bits per heavy atom. The van der Waals surface area contributed by atoms with Gasteiger partial charge in [0.15, 0.2) is 0 Å². The Morgan fingerprint density at radius 1 is 1.39 bits per heavy atom. The van der Waals surface area contributed by atoms with Gasteiger partial charge >= 0.3 is 0 Å². The maximum Gasteiger partial charge on any atom is 0.0564 e. The second-order valence-electron chi connectivity index (χ2n) is 7.26. The van der Waals surface area contributed by atoms with Crippen LogP contribution >= 0.6 is 11.8 Å². The third-order valence-corrected chi connectivity index (χ3v) is 6.90. The van der Waals surface area contributed by atoms with Gasteiger partial charge in [0.25, 0.3) is 0 Å². The number of fused-ring (bicyclic) bond motifs is 2. The average molecular weight is 271 g/mol. The van der Waals surface area contributed by atoms with E-state index in [1.54, 1.807) is 11.8 Å². The Kier molecular flexibility index (Phi) is 4.07. The molecule has 2 aliphatic rings. The second kappa shape index (κ2) is 4.99. The lowest BCUT2D eigenvalue weighted by molar-refractivity contribution is 0.0971. The summed E-state index contributed by atoms with van der Waals surface area (Å²) in [5.41, 5.74) is 0.876. The Balaban J connectivity index is 2.09. The first-order valence-electron chi connectivity index (χ1n) is 7.25. The van der Waals surface area contributed by atoms with Gasteiger partial charge in [0, 0.05) is 17.3 Å². The van der Waals surface area contributed by atoms with Crippen LogP contribution in [0.4, 0.5) is 0 Å². The summed E-state index contributed by atoms with van der Waals surface area (Å²) in [4.78, 5) is 0. The van der Waals surface area contributed by atoms with Crippen LogP contribution in [0.5, 0.6) is 0 Å². The first-order valence-corrected chi connectivity index (χ1v) is 8.53. The van der Waals surface area contributed by atoms with Crippen LogP contribution in [-0.4, -0.2) is 35.3 Å². The van der Waals surface area contributed by atoms with Crippen LogP contribution in [0.15, 0.2) is 0 Å². The molecule has 0 aliphatic heterocycles. The van der Waals surface area contributed by atoms with Crippen molar-refractivity contribution in [3.8, 4) is 0 Å². The SMILES string of the molecule is CSC(CO)C(C)NC1C(C)(C)[C@H]2CC[C@]1(C)C2. The van der Waals surface area contributed by atoms with E-state index in [4.69, 9.17) is 0 Å². The highest BCUT2D eigenvalue weighted by Crippen LogP contribution is 2.62. The molecular formula is C15H29NOS. The highest BCUT2D eigenvalue weighted by Gasteiger charge is 2.59. The first-order chi connectivity index (χ1) is 8.35. The minimum Gasteiger partial charge on any atom is -0.395 e. The van der Waals surface area contributed by atoms with Gasteiger partial charge in [0.05, 0.1) is 6.61 Å². The van der Waals surface area contributed by atoms with Crippen LogP contribution < -0.4 is 5.32 Å². The Morgan fingerprint density at radius 2 is 2.06 bits per heavy atom. The number of thioether (sulfide) groups is 1. The van der Waals surface area contributed by atoms with Crippen molar-refractivity contribution >= 4 is 11.8 Å². The molecule has 3 unspecified atom stereocenters. The van der Waals surface area contributed by atoms with E-state index in [-0.39, 0.29) is 6.61 Å². The molecule has 2 fully saturated rings. The van der Waals surface area contributed by atoms with Crippen molar-refractivity contribution in [1.29, 1.82) is 0 Å². The predicted octanol–water partition coefficient (Wildman–Crippen LogP) is 2.90. The number of hydrogen-bond acceptors (Lipinski definition) is 3. The fourth-order valence-electron chi connectivity index (χ4n) is 4.52. The zero-order valence-corrected chi connectivity index (χ0v) is 13.3. The number of aliphatic hydroxyl groups excluding tert-OH is 1. The van der Waals surface area contributed by atoms with Gasteiger partial charge in [-0.1, -0.05) is 20.8 Å². The summed E-state index contributed by atoms with van der Waals surface area (Å²) in [5.74, 6) is 0.883. The number of nitrogens with one attached hydrogen (secondary N) is 1. The lowest BCUT2D eigenvalue weighted by Crippen LogP contribution is -2.55. The highest BCUT2D eigenvalue weighted by molar-refractivity contribution is 7.99. The molecule has 106 valence electrons. The third kappa shape index (κ3) is 2.23. The third-order valence-electron chi connectivity index (χ3n) is 5.74. The fourth-order valence-corrected chi connectivity index (χ4v) is 5.16. The molecule has 18 heavy (non-hydrogen) atoms. The zero-order chi connectivity index (χ0) is 13.6. The van der Waals surface area contributed by atoms with Crippen LogP contribution in [-0.2, 0) is 0 Å². The van der Waals surface area contributed by atoms with E-state index in [1.807, 2.05) is 0 Å². The van der Waals surface area contributed by atoms with Crippen molar-refractivity contribution in [3.05, 3.63) is 0 Å². The van der Waals surface area contributed by atoms with Crippen molar-refractivity contribution in [2.75, 3.05) is 12.9 Å². The highest BCUT2D eigenvalue weighted by atomic mass is 32.2. The zero-order valence-electron chi connectivity index (χ0n) is 12.5. The first kappa shape index (κ1) is 14.7. The molecular weight excluding hydrogens is 242 g/mol. The number of aliphatic hydroxyl groups is 1. The summed E-state index contributed by atoms with van der Waals surface area (Å²) in [6.45, 7) is 9.81. The van der Waals surface area contributed by atoms with Crippen molar-refractivity contribution in [1.82, 2.24) is 5.32 Å². The molecule has 0 aromatic heterocycles. The van der Waals surface area contributed by atoms with Gasteiger partial charge in [-0.2, -0.15) is 11.8 Å². The quantitative estimate of drug-likeness (QED) is 0.806. The van der Waals surface area contributed by atoms with E-state index in [0.717, 1.165) is 5.92 Å². The van der Waals surface area contributed by atoms with Crippen molar-refractivity contribution in [2.45, 2.75) is 64.3 Å². The van der Waals surface area contributed by atoms with Gasteiger partial charge in [-0.05, 0) is 49.2 Å². The average Bonchev–Trinajstić information content (AvgIpc) is 2.77. The molecule has 0 heterocycles. The number of rotatable bonds is 5. The number of hydrogen-bond donors (Lipinski definition) is 2. The molecule has 2 aliphatic carbocycles. The van der Waals surface area contributed by atoms with Gasteiger partial charge in [-0.25, -0.2) is 0 Å². The maximum atomic E-state index is 9.44. The van der Waals surface area contributed by atoms with Crippen molar-refractivity contribution in [3.63, 3.8) is 0 Å². The molecule has 0 saturated heterocycles. The van der Waals surface area contributed by atoms with E-state index in [9.17, 15) is 5.11 Å². The Hall–Kier alpha value is 0.270. The van der Waals surface area contributed by atoms with E-state index in [2.05, 4.69) is 39.3 Å². The summed E-state index contributed by atoms with van der Waals surface area (Å²) < 4.78 is 0. The second-order valence-corrected chi connectivity index (χ2v) is 8.34.